The summed E-state index contributed by atoms with van der Waals surface area (Å²) in [6.07, 6.45) is 1.63. The van der Waals surface area contributed by atoms with Crippen molar-refractivity contribution in [3.8, 4) is 0 Å². The van der Waals surface area contributed by atoms with Gasteiger partial charge in [0.15, 0.2) is 6.04 Å². The van der Waals surface area contributed by atoms with Gasteiger partial charge in [-0.25, -0.2) is 4.79 Å². The summed E-state index contributed by atoms with van der Waals surface area (Å²) < 4.78 is 11.0. The molecule has 0 fully saturated rings. The third kappa shape index (κ3) is 5.00. The molecule has 8 heteroatoms. The van der Waals surface area contributed by atoms with Crippen molar-refractivity contribution in [3.05, 3.63) is 76.1 Å². The molecule has 0 saturated carbocycles. The maximum absolute atomic E-state index is 11.6. The molecular weight excluding hydrogens is 397 g/mol. The zero-order valence-corrected chi connectivity index (χ0v) is 15.8. The van der Waals surface area contributed by atoms with Gasteiger partial charge in [0.05, 0.1) is 17.8 Å². The highest BCUT2D eigenvalue weighted by atomic mass is 35.5. The Balaban J connectivity index is 1.66. The van der Waals surface area contributed by atoms with Gasteiger partial charge >= 0.3 is 5.97 Å². The minimum absolute atomic E-state index is 0.308. The normalized spacial score (nSPS) is 12.1. The average Bonchev–Trinajstić information content (AvgIpc) is 3.23. The van der Waals surface area contributed by atoms with Crippen LogP contribution in [0.5, 0.6) is 0 Å². The molecule has 0 amide bonds. The molecule has 1 atom stereocenters. The molecule has 0 spiro atoms. The van der Waals surface area contributed by atoms with Gasteiger partial charge in [0.2, 0.25) is 0 Å². The van der Waals surface area contributed by atoms with Crippen LogP contribution in [0.4, 0.5) is 5.69 Å². The number of aliphatic carboxylic acids is 1. The molecule has 0 aliphatic heterocycles. The molecule has 0 radical (unpaired) electrons. The number of halogens is 2. The number of rotatable bonds is 8. The SMILES string of the molecule is O=C(O)C(Nc1cc(Cl)cc(Cl)c1)c1ccc(CSCc2ccco2)o1. The Morgan fingerprint density at radius 1 is 1.12 bits per heavy atom. The lowest BCUT2D eigenvalue weighted by atomic mass is 10.2. The van der Waals surface area contributed by atoms with E-state index in [4.69, 9.17) is 32.0 Å². The van der Waals surface area contributed by atoms with Crippen molar-refractivity contribution >= 4 is 46.6 Å². The number of benzene rings is 1. The summed E-state index contributed by atoms with van der Waals surface area (Å²) in [7, 11) is 0. The maximum atomic E-state index is 11.6. The fraction of sp³-hybridized carbons (Fsp3) is 0.167. The van der Waals surface area contributed by atoms with E-state index in [2.05, 4.69) is 5.32 Å². The highest BCUT2D eigenvalue weighted by Gasteiger charge is 2.23. The van der Waals surface area contributed by atoms with Gasteiger partial charge in [-0.3, -0.25) is 0 Å². The quantitative estimate of drug-likeness (QED) is 0.483. The van der Waals surface area contributed by atoms with Crippen LogP contribution < -0.4 is 5.32 Å². The van der Waals surface area contributed by atoms with Crippen LogP contribution in [0.2, 0.25) is 10.0 Å². The van der Waals surface area contributed by atoms with Gasteiger partial charge in [-0.05, 0) is 42.5 Å². The van der Waals surface area contributed by atoms with Gasteiger partial charge in [-0.15, -0.1) is 11.8 Å². The smallest absolute Gasteiger partial charge is 0.334 e. The van der Waals surface area contributed by atoms with Crippen LogP contribution in [0.1, 0.15) is 23.3 Å². The number of nitrogens with one attached hydrogen (secondary N) is 1. The first-order valence-electron chi connectivity index (χ1n) is 7.65. The summed E-state index contributed by atoms with van der Waals surface area (Å²) >= 11 is 13.5. The minimum atomic E-state index is -1.06. The lowest BCUT2D eigenvalue weighted by Gasteiger charge is -2.14. The van der Waals surface area contributed by atoms with Gasteiger partial charge in [-0.1, -0.05) is 23.2 Å². The molecule has 2 aromatic heterocycles. The zero-order valence-electron chi connectivity index (χ0n) is 13.4. The first-order chi connectivity index (χ1) is 12.5. The Kier molecular flexibility index (Phi) is 6.19. The van der Waals surface area contributed by atoms with Gasteiger partial charge in [-0.2, -0.15) is 0 Å². The average molecular weight is 412 g/mol. The standard InChI is InChI=1S/C18H15Cl2NO4S/c19-11-6-12(20)8-13(7-11)21-17(18(22)23)16-4-3-15(25-16)10-26-9-14-2-1-5-24-14/h1-8,17,21H,9-10H2,(H,22,23). The number of carboxylic acids is 1. The summed E-state index contributed by atoms with van der Waals surface area (Å²) in [5.74, 6) is 2.13. The van der Waals surface area contributed by atoms with E-state index in [1.165, 1.54) is 0 Å². The fourth-order valence-corrected chi connectivity index (χ4v) is 3.68. The Hall–Kier alpha value is -2.02. The predicted octanol–water partition coefficient (Wildman–Crippen LogP) is 5.85. The summed E-state index contributed by atoms with van der Waals surface area (Å²) in [6, 6.07) is 10.9. The summed E-state index contributed by atoms with van der Waals surface area (Å²) in [6.45, 7) is 0. The first kappa shape index (κ1) is 18.8. The van der Waals surface area contributed by atoms with Crippen molar-refractivity contribution < 1.29 is 18.7 Å². The van der Waals surface area contributed by atoms with E-state index < -0.39 is 12.0 Å². The fourth-order valence-electron chi connectivity index (χ4n) is 2.33. The van der Waals surface area contributed by atoms with Crippen LogP contribution in [-0.2, 0) is 16.3 Å². The van der Waals surface area contributed by atoms with Crippen molar-refractivity contribution in [1.29, 1.82) is 0 Å². The van der Waals surface area contributed by atoms with Crippen LogP contribution in [0.25, 0.3) is 0 Å². The molecule has 0 bridgehead atoms. The molecule has 1 aromatic carbocycles. The van der Waals surface area contributed by atoms with E-state index in [1.54, 1.807) is 48.4 Å². The number of hydrogen-bond acceptors (Lipinski definition) is 5. The van der Waals surface area contributed by atoms with E-state index in [0.29, 0.717) is 38.8 Å². The second-order valence-electron chi connectivity index (χ2n) is 5.45. The molecule has 2 heterocycles. The molecule has 26 heavy (non-hydrogen) atoms. The second kappa shape index (κ2) is 8.58. The molecule has 136 valence electrons. The van der Waals surface area contributed by atoms with Crippen LogP contribution in [-0.4, -0.2) is 11.1 Å². The Labute approximate surface area is 164 Å². The number of furan rings is 2. The Morgan fingerprint density at radius 2 is 1.85 bits per heavy atom. The van der Waals surface area contributed by atoms with Gasteiger partial charge in [0.25, 0.3) is 0 Å². The Morgan fingerprint density at radius 3 is 2.50 bits per heavy atom. The van der Waals surface area contributed by atoms with Crippen LogP contribution in [0.3, 0.4) is 0 Å². The van der Waals surface area contributed by atoms with Crippen molar-refractivity contribution in [1.82, 2.24) is 0 Å². The molecule has 2 N–H and O–H groups in total. The monoisotopic (exact) mass is 411 g/mol. The second-order valence-corrected chi connectivity index (χ2v) is 7.31. The Bertz CT molecular complexity index is 859. The number of carbonyl (C=O) groups is 1. The number of anilines is 1. The van der Waals surface area contributed by atoms with E-state index in [9.17, 15) is 9.90 Å². The highest BCUT2D eigenvalue weighted by molar-refractivity contribution is 7.97. The first-order valence-corrected chi connectivity index (χ1v) is 9.56. The van der Waals surface area contributed by atoms with E-state index >= 15 is 0 Å². The molecule has 0 aliphatic rings. The summed E-state index contributed by atoms with van der Waals surface area (Å²) in [5, 5.41) is 13.2. The molecule has 5 nitrogen and oxygen atoms in total. The van der Waals surface area contributed by atoms with Crippen molar-refractivity contribution in [2.75, 3.05) is 5.32 Å². The van der Waals surface area contributed by atoms with Gasteiger partial charge < -0.3 is 19.3 Å². The number of thioether (sulfide) groups is 1. The van der Waals surface area contributed by atoms with Crippen molar-refractivity contribution in [2.24, 2.45) is 0 Å². The third-order valence-corrected chi connectivity index (χ3v) is 4.87. The molecule has 3 rings (SSSR count). The summed E-state index contributed by atoms with van der Waals surface area (Å²) in [4.78, 5) is 11.6. The van der Waals surface area contributed by atoms with Gasteiger partial charge in [0.1, 0.15) is 17.3 Å². The zero-order chi connectivity index (χ0) is 18.5. The molecule has 0 saturated heterocycles. The lowest BCUT2D eigenvalue weighted by Crippen LogP contribution is -2.19. The molecule has 3 aromatic rings. The van der Waals surface area contributed by atoms with E-state index in [1.807, 2.05) is 12.1 Å². The summed E-state index contributed by atoms with van der Waals surface area (Å²) in [5.41, 5.74) is 0.500. The van der Waals surface area contributed by atoms with E-state index in [-0.39, 0.29) is 0 Å². The topological polar surface area (TPSA) is 75.6 Å². The molecule has 1 unspecified atom stereocenters. The van der Waals surface area contributed by atoms with Crippen LogP contribution in [0.15, 0.2) is 57.6 Å². The minimum Gasteiger partial charge on any atom is -0.479 e. The van der Waals surface area contributed by atoms with Crippen LogP contribution in [0, 0.1) is 0 Å². The molecule has 0 aliphatic carbocycles. The van der Waals surface area contributed by atoms with Crippen molar-refractivity contribution in [2.45, 2.75) is 17.5 Å². The van der Waals surface area contributed by atoms with Crippen LogP contribution >= 0.6 is 35.0 Å². The number of hydrogen-bond donors (Lipinski definition) is 2. The largest absolute Gasteiger partial charge is 0.479 e. The number of carboxylic acid groups (broad SMARTS) is 1. The third-order valence-electron chi connectivity index (χ3n) is 3.46. The lowest BCUT2D eigenvalue weighted by molar-refractivity contribution is -0.138. The highest BCUT2D eigenvalue weighted by Crippen LogP contribution is 2.28. The van der Waals surface area contributed by atoms with E-state index in [0.717, 1.165) is 5.76 Å². The maximum Gasteiger partial charge on any atom is 0.334 e. The molecular formula is C18H15Cl2NO4S. The predicted molar refractivity (Wildman–Crippen MR) is 103 cm³/mol. The van der Waals surface area contributed by atoms with Gasteiger partial charge in [0, 0.05) is 15.7 Å². The van der Waals surface area contributed by atoms with Crippen molar-refractivity contribution in [3.63, 3.8) is 0 Å².